The molecular weight excluding hydrogens is 358 g/mol. The molecule has 28 heavy (non-hydrogen) atoms. The van der Waals surface area contributed by atoms with E-state index in [0.29, 0.717) is 40.0 Å². The number of hydrogen-bond acceptors (Lipinski definition) is 7. The van der Waals surface area contributed by atoms with Crippen molar-refractivity contribution in [1.82, 2.24) is 24.6 Å². The van der Waals surface area contributed by atoms with Crippen LogP contribution in [-0.2, 0) is 4.79 Å². The second-order valence-electron chi connectivity index (χ2n) is 6.48. The molecule has 4 aromatic heterocycles. The first-order chi connectivity index (χ1) is 13.6. The fourth-order valence-electron chi connectivity index (χ4n) is 3.56. The van der Waals surface area contributed by atoms with Gasteiger partial charge in [-0.15, -0.1) is 5.10 Å². The maximum absolute atomic E-state index is 12.4. The Bertz CT molecular complexity index is 1230. The molecule has 0 amide bonds. The van der Waals surface area contributed by atoms with Crippen LogP contribution in [0.1, 0.15) is 31.1 Å². The molecule has 138 valence electrons. The summed E-state index contributed by atoms with van der Waals surface area (Å²) in [5, 5.41) is 4.52. The quantitative estimate of drug-likeness (QED) is 0.544. The van der Waals surface area contributed by atoms with Gasteiger partial charge in [-0.2, -0.15) is 0 Å². The fraction of sp³-hybridized carbons (Fsp3) is 0.150. The third-order valence-corrected chi connectivity index (χ3v) is 4.74. The van der Waals surface area contributed by atoms with Crippen molar-refractivity contribution in [2.45, 2.75) is 19.8 Å². The lowest BCUT2D eigenvalue weighted by Crippen LogP contribution is -2.21. The predicted octanol–water partition coefficient (Wildman–Crippen LogP) is 3.17. The Hall–Kier alpha value is -3.81. The number of Topliss-reactive ketones (excluding diaryl/α,β-unsaturated/α-hetero) is 1. The molecule has 0 bridgehead atoms. The maximum Gasteiger partial charge on any atom is 0.228 e. The van der Waals surface area contributed by atoms with Crippen LogP contribution in [0.4, 0.5) is 0 Å². The summed E-state index contributed by atoms with van der Waals surface area (Å²) in [7, 11) is 0. The molecule has 1 atom stereocenters. The SMILES string of the molecule is CC(=O)C1=C(C)Oc2ncn3nc(-c4ccncc4)nc3c2[C@@H]1c1ccco1. The summed E-state index contributed by atoms with van der Waals surface area (Å²) in [6.07, 6.45) is 6.50. The van der Waals surface area contributed by atoms with Crippen molar-refractivity contribution >= 4 is 11.4 Å². The minimum Gasteiger partial charge on any atom is -0.468 e. The van der Waals surface area contributed by atoms with E-state index in [9.17, 15) is 4.79 Å². The van der Waals surface area contributed by atoms with Crippen LogP contribution >= 0.6 is 0 Å². The Morgan fingerprint density at radius 2 is 2.04 bits per heavy atom. The minimum atomic E-state index is -0.470. The highest BCUT2D eigenvalue weighted by atomic mass is 16.5. The molecule has 0 N–H and O–H groups in total. The molecule has 5 rings (SSSR count). The number of fused-ring (bicyclic) bond motifs is 3. The summed E-state index contributed by atoms with van der Waals surface area (Å²) in [6, 6.07) is 7.29. The van der Waals surface area contributed by atoms with Crippen molar-refractivity contribution < 1.29 is 13.9 Å². The summed E-state index contributed by atoms with van der Waals surface area (Å²) in [5.41, 5.74) is 2.56. The molecule has 0 spiro atoms. The predicted molar refractivity (Wildman–Crippen MR) is 98.6 cm³/mol. The van der Waals surface area contributed by atoms with Crippen LogP contribution in [0, 0.1) is 0 Å². The van der Waals surface area contributed by atoms with E-state index in [1.165, 1.54) is 6.92 Å². The fourth-order valence-corrected chi connectivity index (χ4v) is 3.56. The van der Waals surface area contributed by atoms with Gasteiger partial charge in [0, 0.05) is 23.5 Å². The van der Waals surface area contributed by atoms with Crippen molar-refractivity contribution in [3.8, 4) is 17.3 Å². The molecule has 5 heterocycles. The molecule has 0 unspecified atom stereocenters. The van der Waals surface area contributed by atoms with Crippen LogP contribution in [-0.4, -0.2) is 30.3 Å². The van der Waals surface area contributed by atoms with Crippen LogP contribution in [0.25, 0.3) is 17.0 Å². The van der Waals surface area contributed by atoms with Gasteiger partial charge < -0.3 is 9.15 Å². The van der Waals surface area contributed by atoms with Crippen LogP contribution in [0.5, 0.6) is 5.88 Å². The Balaban J connectivity index is 1.79. The summed E-state index contributed by atoms with van der Waals surface area (Å²) < 4.78 is 13.1. The van der Waals surface area contributed by atoms with Crippen LogP contribution in [0.3, 0.4) is 0 Å². The number of nitrogens with zero attached hydrogens (tertiary/aromatic N) is 5. The zero-order chi connectivity index (χ0) is 19.3. The Labute approximate surface area is 159 Å². The number of rotatable bonds is 3. The van der Waals surface area contributed by atoms with Gasteiger partial charge in [0.25, 0.3) is 0 Å². The van der Waals surface area contributed by atoms with E-state index in [4.69, 9.17) is 14.1 Å². The first-order valence-electron chi connectivity index (χ1n) is 8.72. The third kappa shape index (κ3) is 2.42. The summed E-state index contributed by atoms with van der Waals surface area (Å²) in [6.45, 7) is 3.27. The topological polar surface area (TPSA) is 95.4 Å². The molecule has 0 aromatic carbocycles. The van der Waals surface area contributed by atoms with Gasteiger partial charge >= 0.3 is 0 Å². The average molecular weight is 373 g/mol. The van der Waals surface area contributed by atoms with Gasteiger partial charge in [-0.05, 0) is 38.1 Å². The molecule has 8 nitrogen and oxygen atoms in total. The summed E-state index contributed by atoms with van der Waals surface area (Å²) >= 11 is 0. The number of furan rings is 1. The van der Waals surface area contributed by atoms with Gasteiger partial charge in [-0.1, -0.05) is 0 Å². The molecule has 0 aliphatic carbocycles. The Morgan fingerprint density at radius 3 is 2.75 bits per heavy atom. The Morgan fingerprint density at radius 1 is 1.21 bits per heavy atom. The smallest absolute Gasteiger partial charge is 0.228 e. The molecular formula is C20H15N5O3. The van der Waals surface area contributed by atoms with Crippen LogP contribution in [0.15, 0.2) is 65.0 Å². The van der Waals surface area contributed by atoms with E-state index in [2.05, 4.69) is 15.1 Å². The number of carbonyl (C=O) groups is 1. The standard InChI is InChI=1S/C20H15N5O3/c1-11(26)15-12(2)28-20-17(16(15)14-4-3-9-27-14)19-23-18(24-25(19)10-22-20)13-5-7-21-8-6-13/h3-10,16H,1-2H3/t16-/m1/s1. The van der Waals surface area contributed by atoms with E-state index < -0.39 is 5.92 Å². The second-order valence-corrected chi connectivity index (χ2v) is 6.48. The number of ether oxygens (including phenoxy) is 1. The summed E-state index contributed by atoms with van der Waals surface area (Å²) in [4.78, 5) is 25.6. The lowest BCUT2D eigenvalue weighted by molar-refractivity contribution is -0.114. The lowest BCUT2D eigenvalue weighted by atomic mass is 9.85. The van der Waals surface area contributed by atoms with E-state index in [0.717, 1.165) is 5.56 Å². The van der Waals surface area contributed by atoms with Crippen LogP contribution < -0.4 is 4.74 Å². The van der Waals surface area contributed by atoms with Gasteiger partial charge in [-0.3, -0.25) is 9.78 Å². The largest absolute Gasteiger partial charge is 0.468 e. The van der Waals surface area contributed by atoms with E-state index in [-0.39, 0.29) is 5.78 Å². The van der Waals surface area contributed by atoms with Crippen LogP contribution in [0.2, 0.25) is 0 Å². The number of hydrogen-bond donors (Lipinski definition) is 0. The highest BCUT2D eigenvalue weighted by Gasteiger charge is 2.37. The van der Waals surface area contributed by atoms with Crippen molar-refractivity contribution in [2.24, 2.45) is 0 Å². The highest BCUT2D eigenvalue weighted by molar-refractivity contribution is 5.97. The normalized spacial score (nSPS) is 16.1. The molecule has 0 radical (unpaired) electrons. The number of allylic oxidation sites excluding steroid dienone is 2. The lowest BCUT2D eigenvalue weighted by Gasteiger charge is -2.26. The van der Waals surface area contributed by atoms with Crippen molar-refractivity contribution in [1.29, 1.82) is 0 Å². The molecule has 1 aliphatic heterocycles. The van der Waals surface area contributed by atoms with E-state index in [1.54, 1.807) is 42.5 Å². The van der Waals surface area contributed by atoms with Crippen molar-refractivity contribution in [3.63, 3.8) is 0 Å². The van der Waals surface area contributed by atoms with Gasteiger partial charge in [0.05, 0.1) is 17.7 Å². The first kappa shape index (κ1) is 16.4. The zero-order valence-electron chi connectivity index (χ0n) is 15.2. The zero-order valence-corrected chi connectivity index (χ0v) is 15.2. The molecule has 0 saturated heterocycles. The maximum atomic E-state index is 12.4. The average Bonchev–Trinajstić information content (AvgIpc) is 3.37. The van der Waals surface area contributed by atoms with Crippen molar-refractivity contribution in [2.75, 3.05) is 0 Å². The Kier molecular flexibility index (Phi) is 3.58. The van der Waals surface area contributed by atoms with Gasteiger partial charge in [0.1, 0.15) is 17.8 Å². The highest BCUT2D eigenvalue weighted by Crippen LogP contribution is 2.44. The minimum absolute atomic E-state index is 0.0968. The number of carbonyl (C=O) groups excluding carboxylic acids is 1. The van der Waals surface area contributed by atoms with E-state index in [1.807, 2.05) is 18.2 Å². The number of aromatic nitrogens is 5. The number of pyridine rings is 1. The monoisotopic (exact) mass is 373 g/mol. The molecule has 0 fully saturated rings. The second kappa shape index (κ2) is 6.12. The molecule has 4 aromatic rings. The van der Waals surface area contributed by atoms with Crippen molar-refractivity contribution in [3.05, 3.63) is 71.9 Å². The molecule has 8 heteroatoms. The molecule has 1 aliphatic rings. The molecule has 0 saturated carbocycles. The van der Waals surface area contributed by atoms with E-state index >= 15 is 0 Å². The number of ketones is 1. The van der Waals surface area contributed by atoms with Gasteiger partial charge in [-0.25, -0.2) is 14.5 Å². The third-order valence-electron chi connectivity index (χ3n) is 4.74. The van der Waals surface area contributed by atoms with Gasteiger partial charge in [0.2, 0.25) is 5.88 Å². The first-order valence-corrected chi connectivity index (χ1v) is 8.72. The van der Waals surface area contributed by atoms with Gasteiger partial charge in [0.15, 0.2) is 17.3 Å². The summed E-state index contributed by atoms with van der Waals surface area (Å²) in [5.74, 6) is 1.49.